The SMILES string of the molecule is CC1CCN(C2CCN(S(=O)(=O)c3ncc[nH]3)CC2)CC1. The second-order valence-electron chi connectivity index (χ2n) is 6.25. The molecule has 3 heterocycles. The zero-order valence-corrected chi connectivity index (χ0v) is 13.3. The van der Waals surface area contributed by atoms with Gasteiger partial charge in [0.25, 0.3) is 10.0 Å². The van der Waals surface area contributed by atoms with Crippen LogP contribution >= 0.6 is 0 Å². The number of nitrogens with zero attached hydrogens (tertiary/aromatic N) is 3. The lowest BCUT2D eigenvalue weighted by atomic mass is 9.95. The van der Waals surface area contributed by atoms with E-state index < -0.39 is 10.0 Å². The molecule has 0 amide bonds. The monoisotopic (exact) mass is 312 g/mol. The summed E-state index contributed by atoms with van der Waals surface area (Å²) in [5.74, 6) is 0.834. The van der Waals surface area contributed by atoms with Crippen molar-refractivity contribution in [2.24, 2.45) is 5.92 Å². The fraction of sp³-hybridized carbons (Fsp3) is 0.786. The summed E-state index contributed by atoms with van der Waals surface area (Å²) in [5, 5.41) is 0.0627. The Morgan fingerprint density at radius 1 is 1.14 bits per heavy atom. The summed E-state index contributed by atoms with van der Waals surface area (Å²) >= 11 is 0. The largest absolute Gasteiger partial charge is 0.334 e. The van der Waals surface area contributed by atoms with Crippen molar-refractivity contribution in [3.8, 4) is 0 Å². The van der Waals surface area contributed by atoms with Crippen molar-refractivity contribution in [2.45, 2.75) is 43.8 Å². The van der Waals surface area contributed by atoms with E-state index in [0.717, 1.165) is 31.8 Å². The zero-order valence-electron chi connectivity index (χ0n) is 12.5. The first-order valence-corrected chi connectivity index (χ1v) is 9.25. The van der Waals surface area contributed by atoms with E-state index in [-0.39, 0.29) is 5.16 Å². The fourth-order valence-electron chi connectivity index (χ4n) is 3.36. The van der Waals surface area contributed by atoms with E-state index in [0.29, 0.717) is 19.1 Å². The van der Waals surface area contributed by atoms with Crippen LogP contribution in [0.4, 0.5) is 0 Å². The van der Waals surface area contributed by atoms with Crippen molar-refractivity contribution >= 4 is 10.0 Å². The highest BCUT2D eigenvalue weighted by molar-refractivity contribution is 7.88. The van der Waals surface area contributed by atoms with Crippen LogP contribution in [0.15, 0.2) is 17.6 Å². The molecule has 1 aromatic heterocycles. The summed E-state index contributed by atoms with van der Waals surface area (Å²) in [4.78, 5) is 9.14. The fourth-order valence-corrected chi connectivity index (χ4v) is 4.70. The number of imidazole rings is 1. The van der Waals surface area contributed by atoms with E-state index in [1.165, 1.54) is 19.0 Å². The highest BCUT2D eigenvalue weighted by Crippen LogP contribution is 2.25. The second kappa shape index (κ2) is 6.06. The van der Waals surface area contributed by atoms with Crippen molar-refractivity contribution in [3.05, 3.63) is 12.4 Å². The van der Waals surface area contributed by atoms with Crippen LogP contribution in [0.1, 0.15) is 32.6 Å². The molecule has 7 heteroatoms. The molecule has 0 aromatic carbocycles. The zero-order chi connectivity index (χ0) is 14.9. The maximum atomic E-state index is 12.4. The minimum absolute atomic E-state index is 0.0627. The number of aromatic amines is 1. The van der Waals surface area contributed by atoms with Gasteiger partial charge in [-0.1, -0.05) is 6.92 Å². The van der Waals surface area contributed by atoms with Crippen LogP contribution in [0.25, 0.3) is 0 Å². The van der Waals surface area contributed by atoms with Crippen LogP contribution in [0, 0.1) is 5.92 Å². The van der Waals surface area contributed by atoms with E-state index in [2.05, 4.69) is 21.8 Å². The Bertz CT molecular complexity index is 542. The molecule has 2 aliphatic rings. The topological polar surface area (TPSA) is 69.3 Å². The lowest BCUT2D eigenvalue weighted by molar-refractivity contribution is 0.101. The van der Waals surface area contributed by atoms with Gasteiger partial charge in [-0.15, -0.1) is 0 Å². The average molecular weight is 312 g/mol. The predicted octanol–water partition coefficient (Wildman–Crippen LogP) is 1.29. The second-order valence-corrected chi connectivity index (χ2v) is 8.10. The van der Waals surface area contributed by atoms with Crippen molar-refractivity contribution in [2.75, 3.05) is 26.2 Å². The number of rotatable bonds is 3. The van der Waals surface area contributed by atoms with Crippen molar-refractivity contribution in [3.63, 3.8) is 0 Å². The van der Waals surface area contributed by atoms with Gasteiger partial charge in [-0.2, -0.15) is 4.31 Å². The third-order valence-electron chi connectivity index (χ3n) is 4.82. The molecule has 0 bridgehead atoms. The molecule has 1 aromatic rings. The molecule has 0 aliphatic carbocycles. The van der Waals surface area contributed by atoms with Crippen LogP contribution in [0.3, 0.4) is 0 Å². The van der Waals surface area contributed by atoms with Crippen LogP contribution in [-0.2, 0) is 10.0 Å². The molecule has 2 aliphatic heterocycles. The highest BCUT2D eigenvalue weighted by atomic mass is 32.2. The average Bonchev–Trinajstić information content (AvgIpc) is 3.03. The number of H-pyrrole nitrogens is 1. The highest BCUT2D eigenvalue weighted by Gasteiger charge is 2.33. The quantitative estimate of drug-likeness (QED) is 0.913. The Labute approximate surface area is 126 Å². The van der Waals surface area contributed by atoms with Gasteiger partial charge in [0.1, 0.15) is 0 Å². The number of aromatic nitrogens is 2. The standard InChI is InChI=1S/C14H24N4O2S/c1-12-2-8-17(9-3-12)13-4-10-18(11-5-13)21(19,20)14-15-6-7-16-14/h6-7,12-13H,2-5,8-11H2,1H3,(H,15,16). The Kier molecular flexibility index (Phi) is 4.33. The molecule has 0 atom stereocenters. The number of piperidine rings is 2. The molecule has 2 fully saturated rings. The molecule has 118 valence electrons. The summed E-state index contributed by atoms with van der Waals surface area (Å²) in [7, 11) is -3.43. The molecule has 2 saturated heterocycles. The van der Waals surface area contributed by atoms with Gasteiger partial charge in [0.15, 0.2) is 0 Å². The minimum Gasteiger partial charge on any atom is -0.334 e. The Morgan fingerprint density at radius 3 is 2.38 bits per heavy atom. The summed E-state index contributed by atoms with van der Waals surface area (Å²) in [6.45, 7) is 5.84. The maximum absolute atomic E-state index is 12.4. The first-order valence-electron chi connectivity index (χ1n) is 7.81. The summed E-state index contributed by atoms with van der Waals surface area (Å²) in [6, 6.07) is 0.542. The number of hydrogen-bond donors (Lipinski definition) is 1. The molecule has 21 heavy (non-hydrogen) atoms. The normalized spacial score (nSPS) is 24.4. The Morgan fingerprint density at radius 2 is 1.81 bits per heavy atom. The summed E-state index contributed by atoms with van der Waals surface area (Å²) in [6.07, 6.45) is 7.42. The minimum atomic E-state index is -3.43. The van der Waals surface area contributed by atoms with Crippen molar-refractivity contribution in [1.29, 1.82) is 0 Å². The van der Waals surface area contributed by atoms with Gasteiger partial charge < -0.3 is 9.88 Å². The van der Waals surface area contributed by atoms with Crippen molar-refractivity contribution in [1.82, 2.24) is 19.2 Å². The lowest BCUT2D eigenvalue weighted by Gasteiger charge is -2.40. The summed E-state index contributed by atoms with van der Waals surface area (Å²) in [5.41, 5.74) is 0. The summed E-state index contributed by atoms with van der Waals surface area (Å²) < 4.78 is 26.4. The molecule has 3 rings (SSSR count). The molecule has 0 spiro atoms. The van der Waals surface area contributed by atoms with Crippen LogP contribution in [0.2, 0.25) is 0 Å². The van der Waals surface area contributed by atoms with E-state index >= 15 is 0 Å². The van der Waals surface area contributed by atoms with Crippen LogP contribution < -0.4 is 0 Å². The molecule has 1 N–H and O–H groups in total. The predicted molar refractivity (Wildman–Crippen MR) is 80.3 cm³/mol. The number of hydrogen-bond acceptors (Lipinski definition) is 4. The molecule has 0 unspecified atom stereocenters. The number of likely N-dealkylation sites (tertiary alicyclic amines) is 1. The maximum Gasteiger partial charge on any atom is 0.276 e. The Hall–Kier alpha value is -0.920. The van der Waals surface area contributed by atoms with Gasteiger partial charge in [-0.25, -0.2) is 13.4 Å². The van der Waals surface area contributed by atoms with E-state index in [9.17, 15) is 8.42 Å². The molecule has 0 radical (unpaired) electrons. The van der Waals surface area contributed by atoms with Crippen LogP contribution in [-0.4, -0.2) is 59.8 Å². The molecular formula is C14H24N4O2S. The Balaban J connectivity index is 1.58. The van der Waals surface area contributed by atoms with Gasteiger partial charge in [0.05, 0.1) is 0 Å². The van der Waals surface area contributed by atoms with Gasteiger partial charge in [0.2, 0.25) is 5.16 Å². The van der Waals surface area contributed by atoms with Gasteiger partial charge in [-0.3, -0.25) is 0 Å². The third kappa shape index (κ3) is 3.14. The smallest absolute Gasteiger partial charge is 0.276 e. The molecular weight excluding hydrogens is 288 g/mol. The van der Waals surface area contributed by atoms with Gasteiger partial charge >= 0.3 is 0 Å². The van der Waals surface area contributed by atoms with E-state index in [4.69, 9.17) is 0 Å². The lowest BCUT2D eigenvalue weighted by Crippen LogP contribution is -2.48. The number of nitrogens with one attached hydrogen (secondary N) is 1. The molecule has 6 nitrogen and oxygen atoms in total. The van der Waals surface area contributed by atoms with E-state index in [1.807, 2.05) is 0 Å². The van der Waals surface area contributed by atoms with Crippen LogP contribution in [0.5, 0.6) is 0 Å². The number of sulfonamides is 1. The molecule has 0 saturated carbocycles. The van der Waals surface area contributed by atoms with Crippen molar-refractivity contribution < 1.29 is 8.42 Å². The first-order chi connectivity index (χ1) is 10.1. The first kappa shape index (κ1) is 15.0. The van der Waals surface area contributed by atoms with Gasteiger partial charge in [0, 0.05) is 31.5 Å². The van der Waals surface area contributed by atoms with E-state index in [1.54, 1.807) is 10.5 Å². The third-order valence-corrected chi connectivity index (χ3v) is 6.57. The van der Waals surface area contributed by atoms with Gasteiger partial charge in [-0.05, 0) is 44.7 Å².